The number of anilines is 2. The fourth-order valence-electron chi connectivity index (χ4n) is 5.23. The maximum atomic E-state index is 12.4. The van der Waals surface area contributed by atoms with E-state index in [9.17, 15) is 4.79 Å². The van der Waals surface area contributed by atoms with E-state index in [4.69, 9.17) is 14.7 Å². The Hall–Kier alpha value is -4.38. The third-order valence-corrected chi connectivity index (χ3v) is 7.46. The number of aromatic amines is 1. The number of para-hydroxylation sites is 1. The molecule has 10 nitrogen and oxygen atoms in total. The van der Waals surface area contributed by atoms with Crippen LogP contribution in [0.3, 0.4) is 0 Å². The fourth-order valence-corrected chi connectivity index (χ4v) is 5.23. The van der Waals surface area contributed by atoms with Gasteiger partial charge in [-0.25, -0.2) is 9.78 Å². The van der Waals surface area contributed by atoms with E-state index in [1.54, 1.807) is 0 Å². The van der Waals surface area contributed by atoms with Crippen molar-refractivity contribution in [2.75, 3.05) is 50.0 Å². The second kappa shape index (κ2) is 13.1. The average molecular weight is 565 g/mol. The third-order valence-electron chi connectivity index (χ3n) is 7.46. The molecule has 10 heteroatoms. The van der Waals surface area contributed by atoms with Crippen LogP contribution in [0.25, 0.3) is 11.0 Å². The van der Waals surface area contributed by atoms with Crippen molar-refractivity contribution in [3.8, 4) is 0 Å². The molecule has 2 aromatic heterocycles. The Morgan fingerprint density at radius 3 is 2.48 bits per heavy atom. The van der Waals surface area contributed by atoms with Crippen LogP contribution in [0.4, 0.5) is 16.2 Å². The van der Waals surface area contributed by atoms with Crippen molar-refractivity contribution in [2.24, 2.45) is 9.98 Å². The number of hydrogen-bond donors (Lipinski definition) is 4. The van der Waals surface area contributed by atoms with Gasteiger partial charge >= 0.3 is 6.03 Å². The standard InChI is InChI=1S/C32H36N8O2/c1-2-28-38-29(22-8-10-24(11-9-22)37-32(41)36-23-6-4-3-5-7-23)30(39-28)26-12-13-34-31-27(26)20-25(35-31)21-33-14-15-40-16-18-42-19-17-40/h3-13,20,28,33H,2,14-19,21H2,1H3,(H,34,35)(H2,36,37,41). The number of aliphatic imine (C=N–C) groups is 2. The van der Waals surface area contributed by atoms with Crippen molar-refractivity contribution in [1.29, 1.82) is 0 Å². The highest BCUT2D eigenvalue weighted by Gasteiger charge is 2.25. The van der Waals surface area contributed by atoms with Gasteiger partial charge < -0.3 is 25.7 Å². The van der Waals surface area contributed by atoms with Gasteiger partial charge in [0.25, 0.3) is 0 Å². The van der Waals surface area contributed by atoms with Crippen LogP contribution >= 0.6 is 0 Å². The van der Waals surface area contributed by atoms with Gasteiger partial charge in [-0.2, -0.15) is 0 Å². The number of aromatic nitrogens is 2. The van der Waals surface area contributed by atoms with Gasteiger partial charge in [0.15, 0.2) is 0 Å². The van der Waals surface area contributed by atoms with E-state index >= 15 is 0 Å². The summed E-state index contributed by atoms with van der Waals surface area (Å²) in [6, 6.07) is 21.0. The fraction of sp³-hybridized carbons (Fsp3) is 0.312. The van der Waals surface area contributed by atoms with Gasteiger partial charge in [-0.1, -0.05) is 37.3 Å². The Labute approximate surface area is 245 Å². The number of carbonyl (C=O) groups is 1. The number of benzene rings is 2. The Kier molecular flexibility index (Phi) is 8.64. The molecule has 2 aliphatic rings. The molecule has 0 saturated carbocycles. The molecule has 2 amide bonds. The number of morpholine rings is 1. The van der Waals surface area contributed by atoms with Gasteiger partial charge in [0.2, 0.25) is 0 Å². The molecule has 42 heavy (non-hydrogen) atoms. The summed E-state index contributed by atoms with van der Waals surface area (Å²) >= 11 is 0. The number of nitrogens with one attached hydrogen (secondary N) is 4. The molecule has 2 aromatic carbocycles. The second-order valence-electron chi connectivity index (χ2n) is 10.4. The first-order valence-electron chi connectivity index (χ1n) is 14.5. The van der Waals surface area contributed by atoms with Crippen molar-refractivity contribution in [2.45, 2.75) is 26.1 Å². The van der Waals surface area contributed by atoms with Crippen molar-refractivity contribution in [3.05, 3.63) is 89.7 Å². The summed E-state index contributed by atoms with van der Waals surface area (Å²) < 4.78 is 5.44. The van der Waals surface area contributed by atoms with Crippen LogP contribution in [0, 0.1) is 0 Å². The molecule has 1 fully saturated rings. The molecule has 0 radical (unpaired) electrons. The Balaban J connectivity index is 1.15. The molecular weight excluding hydrogens is 528 g/mol. The van der Waals surface area contributed by atoms with E-state index in [0.717, 1.165) is 97.3 Å². The highest BCUT2D eigenvalue weighted by atomic mass is 16.5. The maximum Gasteiger partial charge on any atom is 0.323 e. The molecule has 2 aliphatic heterocycles. The van der Waals surface area contributed by atoms with Gasteiger partial charge in [0.1, 0.15) is 11.8 Å². The van der Waals surface area contributed by atoms with E-state index in [-0.39, 0.29) is 12.2 Å². The smallest absolute Gasteiger partial charge is 0.323 e. The van der Waals surface area contributed by atoms with Crippen LogP contribution in [0.2, 0.25) is 0 Å². The van der Waals surface area contributed by atoms with Gasteiger partial charge in [-0.05, 0) is 42.8 Å². The SMILES string of the molecule is CCC1N=C(c2ccc(NC(=O)Nc3ccccc3)cc2)C(c2ccnc3[nH]c(CNCCN4CCOCC4)cc23)=N1. The number of amides is 2. The number of ether oxygens (including phenoxy) is 1. The van der Waals surface area contributed by atoms with Crippen molar-refractivity contribution in [1.82, 2.24) is 20.2 Å². The molecule has 4 heterocycles. The summed E-state index contributed by atoms with van der Waals surface area (Å²) in [4.78, 5) is 32.9. The number of hydrogen-bond acceptors (Lipinski definition) is 7. The van der Waals surface area contributed by atoms with Crippen molar-refractivity contribution >= 4 is 39.9 Å². The first kappa shape index (κ1) is 27.8. The maximum absolute atomic E-state index is 12.4. The van der Waals surface area contributed by atoms with Crippen LogP contribution in [0.15, 0.2) is 82.9 Å². The lowest BCUT2D eigenvalue weighted by Gasteiger charge is -2.26. The summed E-state index contributed by atoms with van der Waals surface area (Å²) in [7, 11) is 0. The number of fused-ring (bicyclic) bond motifs is 1. The Bertz CT molecular complexity index is 1570. The molecule has 0 bridgehead atoms. The van der Waals surface area contributed by atoms with E-state index in [1.165, 1.54) is 0 Å². The highest BCUT2D eigenvalue weighted by Crippen LogP contribution is 2.26. The van der Waals surface area contributed by atoms with Crippen LogP contribution in [-0.4, -0.2) is 77.9 Å². The Morgan fingerprint density at radius 1 is 0.976 bits per heavy atom. The molecule has 6 rings (SSSR count). The zero-order chi connectivity index (χ0) is 28.7. The van der Waals surface area contributed by atoms with Gasteiger partial charge in [-0.15, -0.1) is 0 Å². The summed E-state index contributed by atoms with van der Waals surface area (Å²) in [5.74, 6) is 0. The number of urea groups is 1. The zero-order valence-corrected chi connectivity index (χ0v) is 23.8. The summed E-state index contributed by atoms with van der Waals surface area (Å²) in [6.07, 6.45) is 2.50. The van der Waals surface area contributed by atoms with Gasteiger partial charge in [0, 0.05) is 72.5 Å². The van der Waals surface area contributed by atoms with E-state index < -0.39 is 0 Å². The van der Waals surface area contributed by atoms with Crippen LogP contribution < -0.4 is 16.0 Å². The number of rotatable bonds is 10. The minimum atomic E-state index is -0.293. The van der Waals surface area contributed by atoms with Crippen LogP contribution in [-0.2, 0) is 11.3 Å². The number of H-pyrrole nitrogens is 1. The normalized spacial score (nSPS) is 17.2. The Morgan fingerprint density at radius 2 is 1.71 bits per heavy atom. The first-order valence-corrected chi connectivity index (χ1v) is 14.5. The minimum Gasteiger partial charge on any atom is -0.379 e. The summed E-state index contributed by atoms with van der Waals surface area (Å²) in [5, 5.41) is 10.3. The van der Waals surface area contributed by atoms with Gasteiger partial charge in [0.05, 0.1) is 24.6 Å². The van der Waals surface area contributed by atoms with Crippen molar-refractivity contribution < 1.29 is 9.53 Å². The first-order chi connectivity index (χ1) is 20.7. The van der Waals surface area contributed by atoms with Crippen LogP contribution in [0.5, 0.6) is 0 Å². The van der Waals surface area contributed by atoms with E-state index in [0.29, 0.717) is 5.69 Å². The van der Waals surface area contributed by atoms with Crippen molar-refractivity contribution in [3.63, 3.8) is 0 Å². The molecular formula is C32H36N8O2. The quantitative estimate of drug-likeness (QED) is 0.209. The lowest BCUT2D eigenvalue weighted by atomic mass is 9.98. The topological polar surface area (TPSA) is 119 Å². The largest absolute Gasteiger partial charge is 0.379 e. The molecule has 1 atom stereocenters. The molecule has 0 spiro atoms. The molecule has 1 saturated heterocycles. The molecule has 4 aromatic rings. The zero-order valence-electron chi connectivity index (χ0n) is 23.8. The molecule has 1 unspecified atom stereocenters. The third kappa shape index (κ3) is 6.57. The van der Waals surface area contributed by atoms with E-state index in [1.807, 2.05) is 66.9 Å². The van der Waals surface area contributed by atoms with Gasteiger partial charge in [-0.3, -0.25) is 14.9 Å². The lowest BCUT2D eigenvalue weighted by molar-refractivity contribution is 0.0384. The number of nitrogens with zero attached hydrogens (tertiary/aromatic N) is 4. The predicted molar refractivity (Wildman–Crippen MR) is 168 cm³/mol. The predicted octanol–water partition coefficient (Wildman–Crippen LogP) is 4.66. The number of pyridine rings is 1. The molecule has 0 aliphatic carbocycles. The van der Waals surface area contributed by atoms with E-state index in [2.05, 4.69) is 43.8 Å². The highest BCUT2D eigenvalue weighted by molar-refractivity contribution is 6.55. The molecule has 216 valence electrons. The molecule has 4 N–H and O–H groups in total. The van der Waals surface area contributed by atoms with Crippen LogP contribution in [0.1, 0.15) is 30.2 Å². The monoisotopic (exact) mass is 564 g/mol. The summed E-state index contributed by atoms with van der Waals surface area (Å²) in [6.45, 7) is 8.37. The summed E-state index contributed by atoms with van der Waals surface area (Å²) in [5.41, 5.74) is 7.02. The number of carbonyl (C=O) groups excluding carboxylic acids is 1. The average Bonchev–Trinajstić information content (AvgIpc) is 3.65. The minimum absolute atomic E-state index is 0.132. The lowest BCUT2D eigenvalue weighted by Crippen LogP contribution is -2.40. The second-order valence-corrected chi connectivity index (χ2v) is 10.4.